The van der Waals surface area contributed by atoms with Gasteiger partial charge in [-0.15, -0.1) is 0 Å². The topological polar surface area (TPSA) is 48.7 Å². The number of hydrogen-bond acceptors (Lipinski definition) is 5. The highest BCUT2D eigenvalue weighted by atomic mass is 127. The molecular formula is C23H31IN6. The van der Waals surface area contributed by atoms with E-state index in [1.807, 2.05) is 12.4 Å². The number of aromatic nitrogens is 2. The summed E-state index contributed by atoms with van der Waals surface area (Å²) in [7, 11) is 2.21. The number of nitrogens with zero attached hydrogens (tertiary/aromatic N) is 5. The first-order valence-electron chi connectivity index (χ1n) is 11.1. The zero-order chi connectivity index (χ0) is 20.3. The summed E-state index contributed by atoms with van der Waals surface area (Å²) >= 11 is -0.340. The molecule has 160 valence electrons. The molecule has 0 atom stereocenters. The third-order valence-corrected chi connectivity index (χ3v) is 9.07. The summed E-state index contributed by atoms with van der Waals surface area (Å²) in [5, 5.41) is 9.55. The van der Waals surface area contributed by atoms with Crippen molar-refractivity contribution in [1.82, 2.24) is 19.6 Å². The molecule has 3 aliphatic rings. The summed E-state index contributed by atoms with van der Waals surface area (Å²) in [5.74, 6) is 0. The van der Waals surface area contributed by atoms with E-state index in [-0.39, 0.29) is 20.7 Å². The molecule has 0 amide bonds. The average Bonchev–Trinajstić information content (AvgIpc) is 3.21. The minimum absolute atomic E-state index is 0.340. The molecule has 1 N–H and O–H groups in total. The van der Waals surface area contributed by atoms with E-state index in [2.05, 4.69) is 51.1 Å². The van der Waals surface area contributed by atoms with Gasteiger partial charge in [-0.1, -0.05) is 31.4 Å². The average molecular weight is 518 g/mol. The van der Waals surface area contributed by atoms with Gasteiger partial charge in [0.25, 0.3) is 0 Å². The highest BCUT2D eigenvalue weighted by molar-refractivity contribution is 14.2. The molecule has 30 heavy (non-hydrogen) atoms. The van der Waals surface area contributed by atoms with Crippen LogP contribution in [0.5, 0.6) is 0 Å². The van der Waals surface area contributed by atoms with Gasteiger partial charge in [0, 0.05) is 49.8 Å². The van der Waals surface area contributed by atoms with E-state index >= 15 is 0 Å². The second kappa shape index (κ2) is 9.28. The Kier molecular flexibility index (Phi) is 6.29. The fraction of sp³-hybridized carbons (Fsp3) is 0.522. The monoisotopic (exact) mass is 518 g/mol. The van der Waals surface area contributed by atoms with Crippen LogP contribution in [0.4, 0.5) is 5.69 Å². The van der Waals surface area contributed by atoms with Crippen molar-refractivity contribution < 1.29 is 0 Å². The zero-order valence-corrected chi connectivity index (χ0v) is 19.9. The quantitative estimate of drug-likeness (QED) is 0.497. The highest BCUT2D eigenvalue weighted by Gasteiger charge is 2.18. The Hall–Kier alpha value is -1.58. The van der Waals surface area contributed by atoms with Crippen molar-refractivity contribution in [2.45, 2.75) is 44.7 Å². The predicted octanol–water partition coefficient (Wildman–Crippen LogP) is 3.58. The second-order valence-electron chi connectivity index (χ2n) is 8.67. The molecule has 2 aliphatic heterocycles. The first-order valence-corrected chi connectivity index (χ1v) is 13.3. The first-order chi connectivity index (χ1) is 14.7. The normalized spacial score (nSPS) is 21.0. The summed E-state index contributed by atoms with van der Waals surface area (Å²) in [5.41, 5.74) is 2.52. The summed E-state index contributed by atoms with van der Waals surface area (Å²) in [4.78, 5) is 9.66. The Morgan fingerprint density at radius 2 is 1.80 bits per heavy atom. The Balaban J connectivity index is 1.25. The van der Waals surface area contributed by atoms with E-state index in [9.17, 15) is 0 Å². The number of rotatable bonds is 4. The molecule has 7 heteroatoms. The molecule has 1 aromatic carbocycles. The smallest absolute Gasteiger partial charge is 0.165 e. The van der Waals surface area contributed by atoms with E-state index in [4.69, 9.17) is 10.1 Å². The van der Waals surface area contributed by atoms with Gasteiger partial charge in [0.15, 0.2) is 3.84 Å². The van der Waals surface area contributed by atoms with Crippen LogP contribution in [0.3, 0.4) is 0 Å². The van der Waals surface area contributed by atoms with Crippen LogP contribution in [0.25, 0.3) is 6.20 Å². The number of likely N-dealkylation sites (N-methyl/N-ethyl adjacent to an activating group) is 1. The molecule has 2 aromatic rings. The van der Waals surface area contributed by atoms with Crippen molar-refractivity contribution in [1.29, 1.82) is 0 Å². The SMILES string of the molecule is CN1CCN(Cc2ccc(NC3=NC=c4cnn(C5CCCCC5)c4=I3)cc2)CC1. The maximum absolute atomic E-state index is 4.74. The van der Waals surface area contributed by atoms with Crippen LogP contribution in [0.15, 0.2) is 35.5 Å². The third-order valence-electron chi connectivity index (χ3n) is 6.38. The molecule has 2 fully saturated rings. The van der Waals surface area contributed by atoms with Crippen LogP contribution >= 0.6 is 20.7 Å². The van der Waals surface area contributed by atoms with Gasteiger partial charge < -0.3 is 10.2 Å². The van der Waals surface area contributed by atoms with Gasteiger partial charge in [-0.05, 0) is 58.3 Å². The number of aliphatic imine (C=N–C) groups is 1. The molecule has 1 aliphatic carbocycles. The molecular weight excluding hydrogens is 487 g/mol. The second-order valence-corrected chi connectivity index (χ2v) is 11.3. The molecule has 0 spiro atoms. The Morgan fingerprint density at radius 3 is 2.57 bits per heavy atom. The molecule has 0 radical (unpaired) electrons. The van der Waals surface area contributed by atoms with E-state index in [0.717, 1.165) is 29.2 Å². The van der Waals surface area contributed by atoms with Crippen molar-refractivity contribution in [3.63, 3.8) is 0 Å². The van der Waals surface area contributed by atoms with Gasteiger partial charge in [-0.2, -0.15) is 5.10 Å². The molecule has 6 nitrogen and oxygen atoms in total. The number of fused-ring (bicyclic) bond motifs is 1. The number of hydrogen-bond donors (Lipinski definition) is 1. The number of anilines is 1. The summed E-state index contributed by atoms with van der Waals surface area (Å²) in [6.45, 7) is 5.69. The van der Waals surface area contributed by atoms with E-state index in [1.54, 1.807) is 0 Å². The van der Waals surface area contributed by atoms with E-state index in [0.29, 0.717) is 6.04 Å². The molecule has 1 saturated heterocycles. The van der Waals surface area contributed by atoms with Gasteiger partial charge in [0.2, 0.25) is 0 Å². The Morgan fingerprint density at radius 1 is 1.03 bits per heavy atom. The summed E-state index contributed by atoms with van der Waals surface area (Å²) in [6, 6.07) is 9.49. The molecule has 1 saturated carbocycles. The molecule has 0 bridgehead atoms. The lowest BCUT2D eigenvalue weighted by Gasteiger charge is -2.32. The van der Waals surface area contributed by atoms with Crippen LogP contribution in [-0.2, 0) is 6.54 Å². The van der Waals surface area contributed by atoms with Crippen molar-refractivity contribution in [3.8, 4) is 0 Å². The lowest BCUT2D eigenvalue weighted by Crippen LogP contribution is -2.43. The largest absolute Gasteiger partial charge is 0.335 e. The van der Waals surface area contributed by atoms with Crippen LogP contribution in [0, 0.1) is 3.28 Å². The number of benzene rings is 1. The Labute approximate surface area is 188 Å². The van der Waals surface area contributed by atoms with Crippen LogP contribution in [0.1, 0.15) is 43.7 Å². The maximum Gasteiger partial charge on any atom is 0.165 e. The minimum atomic E-state index is -0.340. The molecule has 3 heterocycles. The molecule has 0 unspecified atom stereocenters. The van der Waals surface area contributed by atoms with E-state index < -0.39 is 0 Å². The lowest BCUT2D eigenvalue weighted by atomic mass is 9.96. The highest BCUT2D eigenvalue weighted by Crippen LogP contribution is 2.28. The summed E-state index contributed by atoms with van der Waals surface area (Å²) < 4.78 is 4.86. The molecule has 1 aromatic heterocycles. The first kappa shape index (κ1) is 20.3. The van der Waals surface area contributed by atoms with Gasteiger partial charge in [-0.3, -0.25) is 9.58 Å². The van der Waals surface area contributed by atoms with Gasteiger partial charge in [0.1, 0.15) is 3.28 Å². The van der Waals surface area contributed by atoms with E-state index in [1.165, 1.54) is 59.3 Å². The fourth-order valence-corrected chi connectivity index (χ4v) is 7.06. The molecule has 5 rings (SSSR count). The fourth-order valence-electron chi connectivity index (χ4n) is 4.49. The number of nitrogens with one attached hydrogen (secondary N) is 1. The number of amidine groups is 1. The van der Waals surface area contributed by atoms with Crippen LogP contribution in [-0.4, -0.2) is 56.6 Å². The number of halogens is 1. The maximum atomic E-state index is 4.74. The van der Waals surface area contributed by atoms with Crippen LogP contribution in [0.2, 0.25) is 0 Å². The lowest BCUT2D eigenvalue weighted by molar-refractivity contribution is 0.148. The minimum Gasteiger partial charge on any atom is -0.335 e. The van der Waals surface area contributed by atoms with Gasteiger partial charge in [0.05, 0.1) is 12.2 Å². The predicted molar refractivity (Wildman–Crippen MR) is 132 cm³/mol. The zero-order valence-electron chi connectivity index (χ0n) is 17.7. The van der Waals surface area contributed by atoms with Crippen molar-refractivity contribution in [2.75, 3.05) is 38.5 Å². The standard InChI is InChI=1S/C23H31IN6/c1-28-11-13-29(14-12-28)17-18-7-9-20(10-8-18)27-23-24-22-19(15-25-23)16-26-30(22)21-5-3-2-4-6-21/h7-10,15-16,21H,2-6,11-14,17H2,1H3,(H,25,27). The van der Waals surface area contributed by atoms with Crippen molar-refractivity contribution in [2.24, 2.45) is 4.99 Å². The Bertz CT molecular complexity index is 1010. The van der Waals surface area contributed by atoms with Crippen molar-refractivity contribution >= 4 is 36.5 Å². The van der Waals surface area contributed by atoms with Gasteiger partial charge >= 0.3 is 0 Å². The summed E-state index contributed by atoms with van der Waals surface area (Å²) in [6.07, 6.45) is 10.6. The number of piperazine rings is 1. The van der Waals surface area contributed by atoms with Crippen LogP contribution < -0.4 is 10.5 Å². The van der Waals surface area contributed by atoms with Crippen molar-refractivity contribution in [3.05, 3.63) is 44.5 Å². The van der Waals surface area contributed by atoms with Gasteiger partial charge in [-0.25, -0.2) is 4.99 Å². The third kappa shape index (κ3) is 4.68.